The van der Waals surface area contributed by atoms with Crippen molar-refractivity contribution in [3.8, 4) is 0 Å². The van der Waals surface area contributed by atoms with Gasteiger partial charge in [-0.05, 0) is 33.6 Å². The van der Waals surface area contributed by atoms with Gasteiger partial charge in [-0.2, -0.15) is 0 Å². The summed E-state index contributed by atoms with van der Waals surface area (Å²) in [6.07, 6.45) is 5.07. The Morgan fingerprint density at radius 2 is 1.73 bits per heavy atom. The van der Waals surface area contributed by atoms with Crippen molar-refractivity contribution < 1.29 is 24.5 Å². The molecule has 0 aliphatic rings. The fraction of sp³-hybridized carbons (Fsp3) is 0.824. The van der Waals surface area contributed by atoms with Crippen LogP contribution < -0.4 is 0 Å². The van der Waals surface area contributed by atoms with Gasteiger partial charge in [0.05, 0.1) is 0 Å². The molecule has 0 aliphatic carbocycles. The zero-order chi connectivity index (χ0) is 17.0. The van der Waals surface area contributed by atoms with Crippen molar-refractivity contribution in [2.24, 2.45) is 0 Å². The first-order valence-corrected chi connectivity index (χ1v) is 8.20. The number of hydrogen-bond donors (Lipinski definition) is 2. The van der Waals surface area contributed by atoms with E-state index in [-0.39, 0.29) is 12.0 Å². The van der Waals surface area contributed by atoms with Gasteiger partial charge in [0.15, 0.2) is 0 Å². The van der Waals surface area contributed by atoms with Crippen LogP contribution in [-0.4, -0.2) is 41.3 Å². The van der Waals surface area contributed by atoms with Gasteiger partial charge >= 0.3 is 5.97 Å². The van der Waals surface area contributed by atoms with Crippen LogP contribution in [0.1, 0.15) is 65.7 Å². The molecule has 0 rings (SSSR count). The second-order valence-electron chi connectivity index (χ2n) is 5.76. The van der Waals surface area contributed by atoms with Gasteiger partial charge in [0.25, 0.3) is 0 Å². The summed E-state index contributed by atoms with van der Waals surface area (Å²) in [5.74, 6) is -2.51. The lowest BCUT2D eigenvalue weighted by Crippen LogP contribution is -2.45. The predicted octanol–water partition coefficient (Wildman–Crippen LogP) is 2.94. The minimum absolute atomic E-state index is 0.202. The van der Waals surface area contributed by atoms with Crippen LogP contribution in [0.5, 0.6) is 0 Å². The number of aliphatic hydroxyl groups excluding tert-OH is 1. The highest BCUT2D eigenvalue weighted by Crippen LogP contribution is 2.23. The Kier molecular flexibility index (Phi) is 11.1. The Hall–Kier alpha value is -0.910. The Balaban J connectivity index is 3.91. The molecule has 5 heteroatoms. The molecular weight excluding hydrogens is 284 g/mol. The molecule has 0 bridgehead atoms. The van der Waals surface area contributed by atoms with Crippen LogP contribution in [0, 0.1) is 0 Å². The minimum atomic E-state index is -1.83. The molecule has 0 amide bonds. The van der Waals surface area contributed by atoms with Crippen molar-refractivity contribution in [1.82, 2.24) is 0 Å². The molecule has 22 heavy (non-hydrogen) atoms. The van der Waals surface area contributed by atoms with Gasteiger partial charge in [0, 0.05) is 25.2 Å². The molecule has 2 unspecified atom stereocenters. The number of esters is 1. The molecular formula is C17H32O5. The SMILES string of the molecule is C=C(C)C(=O)OC(O)(CCCCCCCCOCC)C(C)O. The third kappa shape index (κ3) is 9.18. The highest BCUT2D eigenvalue weighted by atomic mass is 16.7. The highest BCUT2D eigenvalue weighted by Gasteiger charge is 2.36. The quantitative estimate of drug-likeness (QED) is 0.236. The fourth-order valence-corrected chi connectivity index (χ4v) is 2.03. The van der Waals surface area contributed by atoms with E-state index in [2.05, 4.69) is 6.58 Å². The first-order chi connectivity index (χ1) is 10.3. The van der Waals surface area contributed by atoms with E-state index in [9.17, 15) is 15.0 Å². The number of carbonyl (C=O) groups is 1. The van der Waals surface area contributed by atoms with Crippen LogP contribution in [0.2, 0.25) is 0 Å². The molecule has 0 spiro atoms. The molecule has 0 aromatic carbocycles. The Bertz CT molecular complexity index is 327. The first kappa shape index (κ1) is 21.1. The van der Waals surface area contributed by atoms with Crippen LogP contribution in [0.25, 0.3) is 0 Å². The monoisotopic (exact) mass is 316 g/mol. The average Bonchev–Trinajstić information content (AvgIpc) is 2.45. The lowest BCUT2D eigenvalue weighted by atomic mass is 10.0. The average molecular weight is 316 g/mol. The number of unbranched alkanes of at least 4 members (excludes halogenated alkanes) is 5. The van der Waals surface area contributed by atoms with Crippen LogP contribution in [0.3, 0.4) is 0 Å². The first-order valence-electron chi connectivity index (χ1n) is 8.20. The smallest absolute Gasteiger partial charge is 0.335 e. The van der Waals surface area contributed by atoms with E-state index in [0.29, 0.717) is 6.42 Å². The third-order valence-electron chi connectivity index (χ3n) is 3.55. The molecule has 2 atom stereocenters. The van der Waals surface area contributed by atoms with Gasteiger partial charge < -0.3 is 19.7 Å². The van der Waals surface area contributed by atoms with E-state index in [1.807, 2.05) is 6.92 Å². The maximum atomic E-state index is 11.5. The largest absolute Gasteiger partial charge is 0.427 e. The standard InChI is InChI=1S/C17H32O5/c1-5-21-13-11-9-7-6-8-10-12-17(20,15(4)18)22-16(19)14(2)3/h15,18,20H,2,5-13H2,1,3-4H3. The molecule has 0 saturated heterocycles. The maximum absolute atomic E-state index is 11.5. The molecule has 0 aliphatic heterocycles. The third-order valence-corrected chi connectivity index (χ3v) is 3.55. The second-order valence-corrected chi connectivity index (χ2v) is 5.76. The van der Waals surface area contributed by atoms with Gasteiger partial charge in [0.2, 0.25) is 5.79 Å². The van der Waals surface area contributed by atoms with Crippen molar-refractivity contribution in [2.75, 3.05) is 13.2 Å². The van der Waals surface area contributed by atoms with E-state index in [1.165, 1.54) is 13.8 Å². The minimum Gasteiger partial charge on any atom is -0.427 e. The summed E-state index contributed by atoms with van der Waals surface area (Å²) in [6.45, 7) is 9.96. The summed E-state index contributed by atoms with van der Waals surface area (Å²) in [5.41, 5.74) is 0.202. The fourth-order valence-electron chi connectivity index (χ4n) is 2.03. The zero-order valence-corrected chi connectivity index (χ0v) is 14.3. The number of rotatable bonds is 13. The number of hydrogen-bond acceptors (Lipinski definition) is 5. The van der Waals surface area contributed by atoms with E-state index in [4.69, 9.17) is 9.47 Å². The van der Waals surface area contributed by atoms with Gasteiger partial charge in [-0.15, -0.1) is 0 Å². The van der Waals surface area contributed by atoms with Gasteiger partial charge in [-0.3, -0.25) is 0 Å². The maximum Gasteiger partial charge on any atom is 0.335 e. The number of ether oxygens (including phenoxy) is 2. The summed E-state index contributed by atoms with van der Waals surface area (Å²) >= 11 is 0. The highest BCUT2D eigenvalue weighted by molar-refractivity contribution is 5.87. The second kappa shape index (κ2) is 11.6. The Morgan fingerprint density at radius 1 is 1.18 bits per heavy atom. The Labute approximate surface area is 134 Å². The van der Waals surface area contributed by atoms with Crippen molar-refractivity contribution in [3.63, 3.8) is 0 Å². The summed E-state index contributed by atoms with van der Waals surface area (Å²) < 4.78 is 10.3. The topological polar surface area (TPSA) is 76.0 Å². The number of aliphatic hydroxyl groups is 2. The molecule has 0 radical (unpaired) electrons. The van der Waals surface area contributed by atoms with Crippen LogP contribution >= 0.6 is 0 Å². The summed E-state index contributed by atoms with van der Waals surface area (Å²) in [4.78, 5) is 11.5. The van der Waals surface area contributed by atoms with Crippen LogP contribution in [-0.2, 0) is 14.3 Å². The zero-order valence-electron chi connectivity index (χ0n) is 14.3. The van der Waals surface area contributed by atoms with Crippen LogP contribution in [0.4, 0.5) is 0 Å². The van der Waals surface area contributed by atoms with Crippen molar-refractivity contribution >= 4 is 5.97 Å². The van der Waals surface area contributed by atoms with Crippen molar-refractivity contribution in [3.05, 3.63) is 12.2 Å². The summed E-state index contributed by atoms with van der Waals surface area (Å²) in [5, 5.41) is 19.9. The normalized spacial score (nSPS) is 15.1. The Morgan fingerprint density at radius 3 is 2.23 bits per heavy atom. The van der Waals surface area contributed by atoms with E-state index in [0.717, 1.165) is 45.3 Å². The van der Waals surface area contributed by atoms with E-state index < -0.39 is 17.9 Å². The van der Waals surface area contributed by atoms with Gasteiger partial charge in [0.1, 0.15) is 6.10 Å². The molecule has 5 nitrogen and oxygen atoms in total. The number of carbonyl (C=O) groups excluding carboxylic acids is 1. The molecule has 0 heterocycles. The molecule has 0 saturated carbocycles. The molecule has 2 N–H and O–H groups in total. The van der Waals surface area contributed by atoms with Crippen LogP contribution in [0.15, 0.2) is 12.2 Å². The van der Waals surface area contributed by atoms with E-state index in [1.54, 1.807) is 0 Å². The predicted molar refractivity (Wildman–Crippen MR) is 86.3 cm³/mol. The molecule has 0 aromatic heterocycles. The van der Waals surface area contributed by atoms with E-state index >= 15 is 0 Å². The lowest BCUT2D eigenvalue weighted by Gasteiger charge is -2.30. The molecule has 130 valence electrons. The van der Waals surface area contributed by atoms with Crippen molar-refractivity contribution in [2.45, 2.75) is 77.6 Å². The van der Waals surface area contributed by atoms with Gasteiger partial charge in [-0.1, -0.05) is 32.3 Å². The summed E-state index contributed by atoms with van der Waals surface area (Å²) in [6, 6.07) is 0. The molecule has 0 aromatic rings. The lowest BCUT2D eigenvalue weighted by molar-refractivity contribution is -0.244. The van der Waals surface area contributed by atoms with Gasteiger partial charge in [-0.25, -0.2) is 4.79 Å². The molecule has 0 fully saturated rings. The van der Waals surface area contributed by atoms with Crippen molar-refractivity contribution in [1.29, 1.82) is 0 Å². The summed E-state index contributed by atoms with van der Waals surface area (Å²) in [7, 11) is 0.